The van der Waals surface area contributed by atoms with Crippen LogP contribution in [0.15, 0.2) is 54.6 Å². The molecule has 0 aliphatic carbocycles. The Morgan fingerprint density at radius 2 is 1.48 bits per heavy atom. The highest BCUT2D eigenvalue weighted by Gasteiger charge is 2.11. The molecule has 0 spiro atoms. The second kappa shape index (κ2) is 5.90. The van der Waals surface area contributed by atoms with Crippen molar-refractivity contribution in [3.8, 4) is 16.9 Å². The van der Waals surface area contributed by atoms with Crippen LogP contribution >= 0.6 is 23.2 Å². The fraction of sp³-hybridized carbons (Fsp3) is 0.0625. The molecule has 106 valence electrons. The van der Waals surface area contributed by atoms with Gasteiger partial charge in [0.25, 0.3) is 0 Å². The molecular weight excluding hydrogens is 305 g/mol. The number of benzene rings is 2. The maximum Gasteiger partial charge on any atom is 0.0771 e. The van der Waals surface area contributed by atoms with E-state index >= 15 is 0 Å². The Labute approximate surface area is 132 Å². The molecule has 5 heteroatoms. The smallest absolute Gasteiger partial charge is 0.0771 e. The average Bonchev–Trinajstić information content (AvgIpc) is 2.93. The zero-order chi connectivity index (χ0) is 14.8. The van der Waals surface area contributed by atoms with Gasteiger partial charge in [-0.25, -0.2) is 4.68 Å². The summed E-state index contributed by atoms with van der Waals surface area (Å²) in [6, 6.07) is 17.2. The molecule has 1 aromatic heterocycles. The third-order valence-electron chi connectivity index (χ3n) is 3.18. The van der Waals surface area contributed by atoms with Crippen LogP contribution in [-0.4, -0.2) is 9.78 Å². The lowest BCUT2D eigenvalue weighted by atomic mass is 10.1. The third-order valence-corrected chi connectivity index (χ3v) is 3.68. The average molecular weight is 318 g/mol. The molecule has 2 aromatic carbocycles. The van der Waals surface area contributed by atoms with Crippen LogP contribution in [0.5, 0.6) is 0 Å². The normalized spacial score (nSPS) is 10.8. The fourth-order valence-electron chi connectivity index (χ4n) is 2.14. The first kappa shape index (κ1) is 14.1. The van der Waals surface area contributed by atoms with Crippen LogP contribution in [0.3, 0.4) is 0 Å². The Balaban J connectivity index is 2.13. The molecule has 3 rings (SSSR count). The third kappa shape index (κ3) is 2.95. The molecular formula is C16H13Cl2N3. The van der Waals surface area contributed by atoms with Crippen molar-refractivity contribution < 1.29 is 0 Å². The van der Waals surface area contributed by atoms with Crippen molar-refractivity contribution in [3.63, 3.8) is 0 Å². The predicted molar refractivity (Wildman–Crippen MR) is 86.9 cm³/mol. The Morgan fingerprint density at radius 1 is 0.905 bits per heavy atom. The maximum absolute atomic E-state index is 5.95. The maximum atomic E-state index is 5.95. The van der Waals surface area contributed by atoms with Gasteiger partial charge >= 0.3 is 0 Å². The summed E-state index contributed by atoms with van der Waals surface area (Å²) < 4.78 is 1.86. The predicted octanol–water partition coefficient (Wildman–Crippen LogP) is 4.30. The number of rotatable bonds is 3. The van der Waals surface area contributed by atoms with E-state index in [1.807, 2.05) is 59.3 Å². The molecule has 0 saturated heterocycles. The number of nitrogens with zero attached hydrogens (tertiary/aromatic N) is 2. The number of aromatic nitrogens is 2. The molecule has 0 fully saturated rings. The van der Waals surface area contributed by atoms with Crippen LogP contribution in [0.1, 0.15) is 5.69 Å². The number of hydrogen-bond donors (Lipinski definition) is 1. The van der Waals surface area contributed by atoms with Gasteiger partial charge in [0.15, 0.2) is 0 Å². The van der Waals surface area contributed by atoms with E-state index in [-0.39, 0.29) is 0 Å². The molecule has 0 aliphatic rings. The Bertz CT molecular complexity index is 683. The van der Waals surface area contributed by atoms with E-state index in [0.29, 0.717) is 16.6 Å². The van der Waals surface area contributed by atoms with Crippen molar-refractivity contribution in [1.29, 1.82) is 0 Å². The van der Waals surface area contributed by atoms with Crippen LogP contribution < -0.4 is 5.73 Å². The first-order valence-electron chi connectivity index (χ1n) is 6.48. The van der Waals surface area contributed by atoms with Crippen molar-refractivity contribution in [2.45, 2.75) is 6.54 Å². The lowest BCUT2D eigenvalue weighted by Gasteiger charge is -2.08. The van der Waals surface area contributed by atoms with Gasteiger partial charge in [0.2, 0.25) is 0 Å². The zero-order valence-corrected chi connectivity index (χ0v) is 12.6. The highest BCUT2D eigenvalue weighted by Crippen LogP contribution is 2.26. The van der Waals surface area contributed by atoms with Crippen molar-refractivity contribution in [1.82, 2.24) is 9.78 Å². The quantitative estimate of drug-likeness (QED) is 0.782. The van der Waals surface area contributed by atoms with Gasteiger partial charge in [0, 0.05) is 22.2 Å². The number of halogens is 2. The van der Waals surface area contributed by atoms with Crippen molar-refractivity contribution in [3.05, 3.63) is 70.3 Å². The van der Waals surface area contributed by atoms with Crippen LogP contribution in [0.2, 0.25) is 10.0 Å². The Morgan fingerprint density at radius 3 is 2.05 bits per heavy atom. The van der Waals surface area contributed by atoms with E-state index in [9.17, 15) is 0 Å². The Kier molecular flexibility index (Phi) is 3.97. The van der Waals surface area contributed by atoms with Crippen LogP contribution in [0.4, 0.5) is 0 Å². The van der Waals surface area contributed by atoms with Gasteiger partial charge < -0.3 is 5.73 Å². The van der Waals surface area contributed by atoms with Gasteiger partial charge in [-0.3, -0.25) is 0 Å². The van der Waals surface area contributed by atoms with Gasteiger partial charge in [0.1, 0.15) is 0 Å². The van der Waals surface area contributed by atoms with Gasteiger partial charge in [0.05, 0.1) is 17.1 Å². The SMILES string of the molecule is NCc1cc(-c2ccc(Cl)cc2)n(-c2ccc(Cl)cc2)n1. The van der Waals surface area contributed by atoms with Crippen molar-refractivity contribution in [2.75, 3.05) is 0 Å². The number of nitrogens with two attached hydrogens (primary N) is 1. The summed E-state index contributed by atoms with van der Waals surface area (Å²) >= 11 is 11.9. The minimum absolute atomic E-state index is 0.390. The highest BCUT2D eigenvalue weighted by atomic mass is 35.5. The van der Waals surface area contributed by atoms with E-state index < -0.39 is 0 Å². The molecule has 3 aromatic rings. The minimum Gasteiger partial charge on any atom is -0.325 e. The van der Waals surface area contributed by atoms with Crippen LogP contribution in [0, 0.1) is 0 Å². The van der Waals surface area contributed by atoms with Crippen molar-refractivity contribution in [2.24, 2.45) is 5.73 Å². The molecule has 0 radical (unpaired) electrons. The minimum atomic E-state index is 0.390. The summed E-state index contributed by atoms with van der Waals surface area (Å²) in [5.41, 5.74) is 9.48. The molecule has 21 heavy (non-hydrogen) atoms. The summed E-state index contributed by atoms with van der Waals surface area (Å²) in [5, 5.41) is 5.94. The molecule has 0 bridgehead atoms. The Hall–Kier alpha value is -1.81. The summed E-state index contributed by atoms with van der Waals surface area (Å²) in [6.45, 7) is 0.390. The molecule has 0 unspecified atom stereocenters. The van der Waals surface area contributed by atoms with Crippen LogP contribution in [0.25, 0.3) is 16.9 Å². The largest absolute Gasteiger partial charge is 0.325 e. The number of hydrogen-bond acceptors (Lipinski definition) is 2. The van der Waals surface area contributed by atoms with E-state index in [1.54, 1.807) is 0 Å². The second-order valence-electron chi connectivity index (χ2n) is 4.62. The molecule has 0 amide bonds. The molecule has 0 aliphatic heterocycles. The molecule has 3 nitrogen and oxygen atoms in total. The lowest BCUT2D eigenvalue weighted by Crippen LogP contribution is -2.01. The second-order valence-corrected chi connectivity index (χ2v) is 5.49. The van der Waals surface area contributed by atoms with Gasteiger partial charge in [-0.05, 0) is 42.5 Å². The van der Waals surface area contributed by atoms with E-state index in [4.69, 9.17) is 28.9 Å². The van der Waals surface area contributed by atoms with Gasteiger partial charge in [-0.2, -0.15) is 5.10 Å². The molecule has 0 atom stereocenters. The highest BCUT2D eigenvalue weighted by molar-refractivity contribution is 6.30. The molecule has 0 saturated carbocycles. The van der Waals surface area contributed by atoms with E-state index in [1.165, 1.54) is 0 Å². The van der Waals surface area contributed by atoms with Gasteiger partial charge in [-0.15, -0.1) is 0 Å². The fourth-order valence-corrected chi connectivity index (χ4v) is 2.39. The zero-order valence-electron chi connectivity index (χ0n) is 11.1. The topological polar surface area (TPSA) is 43.8 Å². The molecule has 2 N–H and O–H groups in total. The van der Waals surface area contributed by atoms with Gasteiger partial charge in [-0.1, -0.05) is 35.3 Å². The van der Waals surface area contributed by atoms with E-state index in [2.05, 4.69) is 5.10 Å². The van der Waals surface area contributed by atoms with Crippen molar-refractivity contribution >= 4 is 23.2 Å². The summed E-state index contributed by atoms with van der Waals surface area (Å²) in [7, 11) is 0. The van der Waals surface area contributed by atoms with E-state index in [0.717, 1.165) is 22.6 Å². The lowest BCUT2D eigenvalue weighted by molar-refractivity contribution is 0.838. The summed E-state index contributed by atoms with van der Waals surface area (Å²) in [4.78, 5) is 0. The summed E-state index contributed by atoms with van der Waals surface area (Å²) in [5.74, 6) is 0. The van der Waals surface area contributed by atoms with Crippen LogP contribution in [-0.2, 0) is 6.54 Å². The summed E-state index contributed by atoms with van der Waals surface area (Å²) in [6.07, 6.45) is 0. The monoisotopic (exact) mass is 317 g/mol. The standard InChI is InChI=1S/C16H13Cl2N3/c17-12-3-1-11(2-4-12)16-9-14(10-19)20-21(16)15-7-5-13(18)6-8-15/h1-9H,10,19H2. The molecule has 1 heterocycles. The first-order chi connectivity index (χ1) is 10.2. The first-order valence-corrected chi connectivity index (χ1v) is 7.24.